The summed E-state index contributed by atoms with van der Waals surface area (Å²) in [5.41, 5.74) is -0.751. The van der Waals surface area contributed by atoms with Crippen LogP contribution in [0.4, 0.5) is 4.79 Å². The van der Waals surface area contributed by atoms with E-state index in [2.05, 4.69) is 0 Å². The second-order valence-corrected chi connectivity index (χ2v) is 5.37. The molecule has 0 bridgehead atoms. The van der Waals surface area contributed by atoms with Crippen LogP contribution in [-0.2, 0) is 9.57 Å². The van der Waals surface area contributed by atoms with Gasteiger partial charge in [-0.15, -0.1) is 5.06 Å². The number of nitrogens with zero attached hydrogens (tertiary/aromatic N) is 1. The molecule has 2 rings (SSSR count). The second-order valence-electron chi connectivity index (χ2n) is 5.37. The van der Waals surface area contributed by atoms with E-state index in [1.165, 1.54) is 11.5 Å². The molecule has 0 aromatic heterocycles. The first-order chi connectivity index (χ1) is 6.93. The van der Waals surface area contributed by atoms with E-state index in [1.54, 1.807) is 0 Å². The molecule has 0 aromatic carbocycles. The summed E-state index contributed by atoms with van der Waals surface area (Å²) in [5, 5.41) is 1.41. The maximum Gasteiger partial charge on any atom is 0.437 e. The number of hydrogen-bond acceptors (Lipinski definition) is 3. The van der Waals surface area contributed by atoms with Gasteiger partial charge in [-0.25, -0.2) is 9.63 Å². The van der Waals surface area contributed by atoms with Crippen molar-refractivity contribution in [2.45, 2.75) is 64.2 Å². The number of amides is 1. The van der Waals surface area contributed by atoms with Gasteiger partial charge in [0.2, 0.25) is 0 Å². The fourth-order valence-electron chi connectivity index (χ4n) is 2.06. The molecular formula is C11H19NO3. The van der Waals surface area contributed by atoms with Gasteiger partial charge in [0.05, 0.1) is 0 Å². The average molecular weight is 213 g/mol. The van der Waals surface area contributed by atoms with Crippen LogP contribution >= 0.6 is 0 Å². The Balaban J connectivity index is 1.89. The summed E-state index contributed by atoms with van der Waals surface area (Å²) in [7, 11) is 0. The zero-order valence-corrected chi connectivity index (χ0v) is 9.71. The molecule has 4 heteroatoms. The molecule has 2 aliphatic rings. The predicted octanol–water partition coefficient (Wildman–Crippen LogP) is 2.83. The average Bonchev–Trinajstić information content (AvgIpc) is 2.78. The molecule has 0 unspecified atom stereocenters. The second kappa shape index (κ2) is 3.37. The molecule has 1 aliphatic carbocycles. The van der Waals surface area contributed by atoms with Crippen molar-refractivity contribution in [3.8, 4) is 0 Å². The summed E-state index contributed by atoms with van der Waals surface area (Å²) in [6, 6.07) is 0. The van der Waals surface area contributed by atoms with Gasteiger partial charge in [-0.3, -0.25) is 0 Å². The molecule has 1 amide bonds. The van der Waals surface area contributed by atoms with Crippen molar-refractivity contribution >= 4 is 6.09 Å². The Morgan fingerprint density at radius 2 is 1.87 bits per heavy atom. The number of hydroxylamine groups is 2. The van der Waals surface area contributed by atoms with E-state index in [0.29, 0.717) is 0 Å². The third-order valence-corrected chi connectivity index (χ3v) is 2.79. The highest BCUT2D eigenvalue weighted by molar-refractivity contribution is 5.69. The molecular weight excluding hydrogens is 194 g/mol. The molecule has 1 saturated heterocycles. The molecule has 0 aromatic rings. The van der Waals surface area contributed by atoms with E-state index in [4.69, 9.17) is 9.57 Å². The van der Waals surface area contributed by atoms with E-state index in [0.717, 1.165) is 25.7 Å². The Labute approximate surface area is 90.5 Å². The molecule has 4 nitrogen and oxygen atoms in total. The van der Waals surface area contributed by atoms with Crippen LogP contribution in [-0.4, -0.2) is 22.5 Å². The molecule has 0 radical (unpaired) electrons. The summed E-state index contributed by atoms with van der Waals surface area (Å²) >= 11 is 0. The third-order valence-electron chi connectivity index (χ3n) is 2.79. The molecule has 2 fully saturated rings. The normalized spacial score (nSPS) is 24.1. The lowest BCUT2D eigenvalue weighted by Gasteiger charge is -2.21. The van der Waals surface area contributed by atoms with E-state index in [9.17, 15) is 4.79 Å². The van der Waals surface area contributed by atoms with Crippen LogP contribution in [0.1, 0.15) is 52.9 Å². The Bertz CT molecular complexity index is 263. The third kappa shape index (κ3) is 2.25. The zero-order chi connectivity index (χ0) is 11.1. The lowest BCUT2D eigenvalue weighted by atomic mass is 9.94. The number of ether oxygens (including phenoxy) is 1. The van der Waals surface area contributed by atoms with Gasteiger partial charge in [0.25, 0.3) is 0 Å². The maximum absolute atomic E-state index is 11.7. The first-order valence-electron chi connectivity index (χ1n) is 5.65. The van der Waals surface area contributed by atoms with E-state index in [-0.39, 0.29) is 11.8 Å². The summed E-state index contributed by atoms with van der Waals surface area (Å²) in [6.07, 6.45) is 5.08. The van der Waals surface area contributed by atoms with Gasteiger partial charge in [-0.05, 0) is 33.6 Å². The van der Waals surface area contributed by atoms with Crippen LogP contribution in [0.25, 0.3) is 0 Å². The minimum atomic E-state index is -0.446. The van der Waals surface area contributed by atoms with Crippen molar-refractivity contribution < 1.29 is 14.4 Å². The lowest BCUT2D eigenvalue weighted by molar-refractivity contribution is 0.0207. The number of carbonyl (C=O) groups excluding carboxylic acids is 1. The topological polar surface area (TPSA) is 41.8 Å². The molecule has 0 N–H and O–H groups in total. The molecule has 15 heavy (non-hydrogen) atoms. The smallest absolute Gasteiger partial charge is 0.437 e. The van der Waals surface area contributed by atoms with Gasteiger partial charge in [-0.2, -0.15) is 0 Å². The highest BCUT2D eigenvalue weighted by Crippen LogP contribution is 2.47. The first kappa shape index (κ1) is 10.7. The van der Waals surface area contributed by atoms with Gasteiger partial charge in [0, 0.05) is 12.8 Å². The summed E-state index contributed by atoms with van der Waals surface area (Å²) in [4.78, 5) is 17.1. The Kier molecular flexibility index (Phi) is 2.41. The van der Waals surface area contributed by atoms with E-state index >= 15 is 0 Å². The summed E-state index contributed by atoms with van der Waals surface area (Å²) in [6.45, 7) is 5.59. The fourth-order valence-corrected chi connectivity index (χ4v) is 2.06. The Morgan fingerprint density at radius 3 is 2.40 bits per heavy atom. The van der Waals surface area contributed by atoms with Crippen molar-refractivity contribution in [3.05, 3.63) is 0 Å². The highest BCUT2D eigenvalue weighted by Gasteiger charge is 2.59. The van der Waals surface area contributed by atoms with Crippen molar-refractivity contribution in [2.24, 2.45) is 0 Å². The van der Waals surface area contributed by atoms with Gasteiger partial charge in [-0.1, -0.05) is 6.42 Å². The minimum absolute atomic E-state index is 0.305. The number of carbonyl (C=O) groups is 1. The molecule has 1 saturated carbocycles. The summed E-state index contributed by atoms with van der Waals surface area (Å²) in [5.74, 6) is 0. The van der Waals surface area contributed by atoms with Crippen LogP contribution in [0.15, 0.2) is 0 Å². The summed E-state index contributed by atoms with van der Waals surface area (Å²) < 4.78 is 5.25. The van der Waals surface area contributed by atoms with Crippen LogP contribution in [0.3, 0.4) is 0 Å². The van der Waals surface area contributed by atoms with Crippen LogP contribution in [0.2, 0.25) is 0 Å². The SMILES string of the molecule is CC(C)(C)OC(=O)N1OC12CCCCC2. The highest BCUT2D eigenvalue weighted by atomic mass is 16.9. The number of hydrogen-bond donors (Lipinski definition) is 0. The van der Waals surface area contributed by atoms with E-state index < -0.39 is 5.60 Å². The monoisotopic (exact) mass is 213 g/mol. The van der Waals surface area contributed by atoms with Crippen LogP contribution in [0.5, 0.6) is 0 Å². The zero-order valence-electron chi connectivity index (χ0n) is 9.71. The van der Waals surface area contributed by atoms with Crippen molar-refractivity contribution in [1.82, 2.24) is 5.06 Å². The van der Waals surface area contributed by atoms with Gasteiger partial charge in [0.15, 0.2) is 5.72 Å². The van der Waals surface area contributed by atoms with Crippen LogP contribution in [0, 0.1) is 0 Å². The van der Waals surface area contributed by atoms with Gasteiger partial charge >= 0.3 is 6.09 Å². The molecule has 1 aliphatic heterocycles. The first-order valence-corrected chi connectivity index (χ1v) is 5.65. The molecule has 1 heterocycles. The largest absolute Gasteiger partial charge is 0.442 e. The molecule has 1 spiro atoms. The maximum atomic E-state index is 11.7. The van der Waals surface area contributed by atoms with Crippen molar-refractivity contribution in [3.63, 3.8) is 0 Å². The van der Waals surface area contributed by atoms with Gasteiger partial charge < -0.3 is 4.74 Å². The fraction of sp³-hybridized carbons (Fsp3) is 0.909. The molecule has 0 atom stereocenters. The Morgan fingerprint density at radius 1 is 1.27 bits per heavy atom. The Hall–Kier alpha value is -0.770. The lowest BCUT2D eigenvalue weighted by Crippen LogP contribution is -2.32. The standard InChI is InChI=1S/C11H19NO3/c1-10(2,3)14-9(13)12-11(15-12)7-5-4-6-8-11/h4-8H2,1-3H3. The number of rotatable bonds is 0. The predicted molar refractivity (Wildman–Crippen MR) is 55.0 cm³/mol. The van der Waals surface area contributed by atoms with E-state index in [1.807, 2.05) is 20.8 Å². The van der Waals surface area contributed by atoms with Crippen molar-refractivity contribution in [1.29, 1.82) is 0 Å². The quantitative estimate of drug-likeness (QED) is 0.581. The van der Waals surface area contributed by atoms with Gasteiger partial charge in [0.1, 0.15) is 5.60 Å². The van der Waals surface area contributed by atoms with Crippen LogP contribution < -0.4 is 0 Å². The minimum Gasteiger partial charge on any atom is -0.442 e. The van der Waals surface area contributed by atoms with Crippen molar-refractivity contribution in [2.75, 3.05) is 0 Å². The molecule has 86 valence electrons.